The maximum absolute atomic E-state index is 2.36. The van der Waals surface area contributed by atoms with Crippen molar-refractivity contribution in [3.05, 3.63) is 0 Å². The van der Waals surface area contributed by atoms with Crippen molar-refractivity contribution in [3.8, 4) is 0 Å². The van der Waals surface area contributed by atoms with Crippen molar-refractivity contribution >= 4 is 0 Å². The molecule has 0 aliphatic heterocycles. The molecule has 0 nitrogen and oxygen atoms in total. The molecular formula is C14H30. The molecule has 0 amide bonds. The van der Waals surface area contributed by atoms with Crippen LogP contribution in [0.15, 0.2) is 0 Å². The maximum atomic E-state index is 2.36. The Hall–Kier alpha value is 0. The quantitative estimate of drug-likeness (QED) is 0.464. The zero-order valence-corrected chi connectivity index (χ0v) is 10.8. The molecule has 0 unspecified atom stereocenters. The first-order valence-electron chi connectivity index (χ1n) is 6.79. The molecule has 0 heterocycles. The van der Waals surface area contributed by atoms with Crippen LogP contribution in [0.5, 0.6) is 0 Å². The van der Waals surface area contributed by atoms with Crippen molar-refractivity contribution in [2.24, 2.45) is 11.8 Å². The van der Waals surface area contributed by atoms with E-state index in [1.165, 1.54) is 51.4 Å². The minimum absolute atomic E-state index is 0.994. The highest BCUT2D eigenvalue weighted by Crippen LogP contribution is 2.29. The monoisotopic (exact) mass is 198 g/mol. The van der Waals surface area contributed by atoms with Crippen LogP contribution in [0, 0.1) is 11.8 Å². The summed E-state index contributed by atoms with van der Waals surface area (Å²) in [6.45, 7) is 9.34. The van der Waals surface area contributed by atoms with Crippen LogP contribution in [0.3, 0.4) is 0 Å². The molecule has 0 spiro atoms. The number of hydrogen-bond acceptors (Lipinski definition) is 0. The van der Waals surface area contributed by atoms with Crippen LogP contribution >= 0.6 is 0 Å². The first-order valence-corrected chi connectivity index (χ1v) is 6.79. The summed E-state index contributed by atoms with van der Waals surface area (Å²) in [5.74, 6) is 2.01. The number of hydrogen-bond donors (Lipinski definition) is 0. The number of unbranched alkanes of at least 4 members (excludes halogenated alkanes) is 2. The van der Waals surface area contributed by atoms with Crippen LogP contribution in [0.25, 0.3) is 0 Å². The van der Waals surface area contributed by atoms with Gasteiger partial charge in [0.05, 0.1) is 0 Å². The van der Waals surface area contributed by atoms with Crippen LogP contribution < -0.4 is 0 Å². The van der Waals surface area contributed by atoms with E-state index in [1.807, 2.05) is 0 Å². The molecule has 0 aromatic carbocycles. The van der Waals surface area contributed by atoms with Crippen LogP contribution in [-0.4, -0.2) is 0 Å². The summed E-state index contributed by atoms with van der Waals surface area (Å²) >= 11 is 0. The van der Waals surface area contributed by atoms with Gasteiger partial charge in [0.1, 0.15) is 0 Å². The highest BCUT2D eigenvalue weighted by Gasteiger charge is 2.16. The fourth-order valence-electron chi connectivity index (χ4n) is 2.50. The van der Waals surface area contributed by atoms with E-state index in [9.17, 15) is 0 Å². The van der Waals surface area contributed by atoms with Gasteiger partial charge in [0, 0.05) is 0 Å². The molecule has 0 aliphatic rings. The van der Waals surface area contributed by atoms with E-state index in [2.05, 4.69) is 27.7 Å². The second kappa shape index (κ2) is 9.55. The SMILES string of the molecule is CCCCC(CCCC)C(CC)CC. The Kier molecular flexibility index (Phi) is 9.55. The van der Waals surface area contributed by atoms with Crippen molar-refractivity contribution in [2.75, 3.05) is 0 Å². The van der Waals surface area contributed by atoms with Crippen molar-refractivity contribution in [1.29, 1.82) is 0 Å². The van der Waals surface area contributed by atoms with Gasteiger partial charge in [-0.3, -0.25) is 0 Å². The molecule has 0 bridgehead atoms. The number of rotatable bonds is 9. The molecule has 0 fully saturated rings. The summed E-state index contributed by atoms with van der Waals surface area (Å²) in [6, 6.07) is 0. The van der Waals surface area contributed by atoms with Gasteiger partial charge in [0.25, 0.3) is 0 Å². The summed E-state index contributed by atoms with van der Waals surface area (Å²) in [5.41, 5.74) is 0. The maximum Gasteiger partial charge on any atom is -0.0386 e. The molecule has 0 aliphatic carbocycles. The Morgan fingerprint density at radius 3 is 1.36 bits per heavy atom. The predicted octanol–water partition coefficient (Wildman–Crippen LogP) is 5.42. The fourth-order valence-corrected chi connectivity index (χ4v) is 2.50. The lowest BCUT2D eigenvalue weighted by Crippen LogP contribution is -2.13. The highest BCUT2D eigenvalue weighted by molar-refractivity contribution is 4.68. The Bertz CT molecular complexity index is 94.6. The van der Waals surface area contributed by atoms with Crippen LogP contribution in [-0.2, 0) is 0 Å². The lowest BCUT2D eigenvalue weighted by molar-refractivity contribution is 0.266. The molecule has 0 aromatic rings. The highest BCUT2D eigenvalue weighted by atomic mass is 14.2. The normalized spacial score (nSPS) is 11.6. The van der Waals surface area contributed by atoms with E-state index < -0.39 is 0 Å². The first-order chi connectivity index (χ1) is 6.79. The van der Waals surface area contributed by atoms with Crippen molar-refractivity contribution < 1.29 is 0 Å². The van der Waals surface area contributed by atoms with Crippen LogP contribution in [0.4, 0.5) is 0 Å². The van der Waals surface area contributed by atoms with E-state index in [0.717, 1.165) is 11.8 Å². The molecule has 0 saturated heterocycles. The Morgan fingerprint density at radius 1 is 0.643 bits per heavy atom. The van der Waals surface area contributed by atoms with Gasteiger partial charge >= 0.3 is 0 Å². The Balaban J connectivity index is 3.92. The smallest absolute Gasteiger partial charge is 0.0386 e. The molecule has 0 rings (SSSR count). The summed E-state index contributed by atoms with van der Waals surface area (Å²) in [6.07, 6.45) is 11.3. The van der Waals surface area contributed by atoms with Crippen molar-refractivity contribution in [2.45, 2.75) is 79.1 Å². The summed E-state index contributed by atoms with van der Waals surface area (Å²) in [4.78, 5) is 0. The minimum atomic E-state index is 0.994. The molecule has 86 valence electrons. The van der Waals surface area contributed by atoms with Gasteiger partial charge in [-0.2, -0.15) is 0 Å². The van der Waals surface area contributed by atoms with E-state index >= 15 is 0 Å². The molecule has 0 heteroatoms. The largest absolute Gasteiger partial charge is 0.0654 e. The molecule has 0 saturated carbocycles. The van der Waals surface area contributed by atoms with E-state index in [4.69, 9.17) is 0 Å². The molecule has 0 radical (unpaired) electrons. The Labute approximate surface area is 91.5 Å². The van der Waals surface area contributed by atoms with Crippen LogP contribution in [0.1, 0.15) is 79.1 Å². The van der Waals surface area contributed by atoms with E-state index in [0.29, 0.717) is 0 Å². The summed E-state index contributed by atoms with van der Waals surface area (Å²) < 4.78 is 0. The van der Waals surface area contributed by atoms with Gasteiger partial charge < -0.3 is 0 Å². The van der Waals surface area contributed by atoms with E-state index in [-0.39, 0.29) is 0 Å². The summed E-state index contributed by atoms with van der Waals surface area (Å²) in [5, 5.41) is 0. The Morgan fingerprint density at radius 2 is 1.07 bits per heavy atom. The average Bonchev–Trinajstić information content (AvgIpc) is 2.22. The second-order valence-electron chi connectivity index (χ2n) is 4.62. The zero-order valence-electron chi connectivity index (χ0n) is 10.8. The van der Waals surface area contributed by atoms with Crippen molar-refractivity contribution in [3.63, 3.8) is 0 Å². The van der Waals surface area contributed by atoms with Crippen molar-refractivity contribution in [1.82, 2.24) is 0 Å². The third kappa shape index (κ3) is 5.67. The van der Waals surface area contributed by atoms with E-state index in [1.54, 1.807) is 0 Å². The zero-order chi connectivity index (χ0) is 10.8. The standard InChI is InChI=1S/C14H30/c1-5-9-11-14(12-10-6-2)13(7-3)8-4/h13-14H,5-12H2,1-4H3. The second-order valence-corrected chi connectivity index (χ2v) is 4.62. The molecule has 0 aromatic heterocycles. The molecule has 0 N–H and O–H groups in total. The van der Waals surface area contributed by atoms with Gasteiger partial charge in [0.15, 0.2) is 0 Å². The lowest BCUT2D eigenvalue weighted by Gasteiger charge is -2.25. The third-order valence-electron chi connectivity index (χ3n) is 3.57. The van der Waals surface area contributed by atoms with Gasteiger partial charge in [-0.15, -0.1) is 0 Å². The van der Waals surface area contributed by atoms with Crippen LogP contribution in [0.2, 0.25) is 0 Å². The molecule has 14 heavy (non-hydrogen) atoms. The molecular weight excluding hydrogens is 168 g/mol. The topological polar surface area (TPSA) is 0 Å². The predicted molar refractivity (Wildman–Crippen MR) is 66.6 cm³/mol. The summed E-state index contributed by atoms with van der Waals surface area (Å²) in [7, 11) is 0. The minimum Gasteiger partial charge on any atom is -0.0654 e. The van der Waals surface area contributed by atoms with Gasteiger partial charge in [-0.1, -0.05) is 79.1 Å². The third-order valence-corrected chi connectivity index (χ3v) is 3.57. The first kappa shape index (κ1) is 14.0. The van der Waals surface area contributed by atoms with Gasteiger partial charge in [-0.25, -0.2) is 0 Å². The average molecular weight is 198 g/mol. The lowest BCUT2D eigenvalue weighted by atomic mass is 9.81. The fraction of sp³-hybridized carbons (Fsp3) is 1.00. The van der Waals surface area contributed by atoms with Gasteiger partial charge in [0.2, 0.25) is 0 Å². The molecule has 0 atom stereocenters. The van der Waals surface area contributed by atoms with Gasteiger partial charge in [-0.05, 0) is 11.8 Å².